The lowest BCUT2D eigenvalue weighted by molar-refractivity contribution is -0.130. The first-order valence-electron chi connectivity index (χ1n) is 7.23. The van der Waals surface area contributed by atoms with E-state index in [1.165, 1.54) is 13.0 Å². The number of nitrogens with one attached hydrogen (secondary N) is 1. The minimum absolute atomic E-state index is 0.0103. The van der Waals surface area contributed by atoms with Crippen molar-refractivity contribution in [3.8, 4) is 11.5 Å². The van der Waals surface area contributed by atoms with Gasteiger partial charge in [-0.1, -0.05) is 18.2 Å². The second-order valence-corrected chi connectivity index (χ2v) is 5.13. The van der Waals surface area contributed by atoms with Crippen LogP contribution >= 0.6 is 0 Å². The summed E-state index contributed by atoms with van der Waals surface area (Å²) in [6.45, 7) is 1.42. The Morgan fingerprint density at radius 3 is 2.50 bits per heavy atom. The summed E-state index contributed by atoms with van der Waals surface area (Å²) < 4.78 is 38.3. The maximum atomic E-state index is 13.7. The Kier molecular flexibility index (Phi) is 4.41. The van der Waals surface area contributed by atoms with Gasteiger partial charge in [-0.25, -0.2) is 14.2 Å². The summed E-state index contributed by atoms with van der Waals surface area (Å²) >= 11 is 0. The van der Waals surface area contributed by atoms with E-state index < -0.39 is 23.6 Å². The molecule has 124 valence electrons. The van der Waals surface area contributed by atoms with Gasteiger partial charge in [0.1, 0.15) is 18.2 Å². The van der Waals surface area contributed by atoms with Gasteiger partial charge in [-0.05, 0) is 31.2 Å². The quantitative estimate of drug-likeness (QED) is 0.694. The molecule has 3 rings (SSSR count). The predicted octanol–water partition coefficient (Wildman–Crippen LogP) is 2.65. The minimum atomic E-state index is -0.901. The van der Waals surface area contributed by atoms with Crippen molar-refractivity contribution >= 4 is 11.6 Å². The molecule has 0 fully saturated rings. The van der Waals surface area contributed by atoms with Gasteiger partial charge in [0.05, 0.1) is 11.3 Å². The largest absolute Gasteiger partial charge is 0.485 e. The third-order valence-electron chi connectivity index (χ3n) is 3.46. The van der Waals surface area contributed by atoms with Gasteiger partial charge < -0.3 is 9.47 Å². The Bertz CT molecular complexity index is 788. The van der Waals surface area contributed by atoms with Gasteiger partial charge in [0, 0.05) is 0 Å². The lowest BCUT2D eigenvalue weighted by Gasteiger charge is -2.24. The van der Waals surface area contributed by atoms with Gasteiger partial charge in [0.15, 0.2) is 11.5 Å². The Morgan fingerprint density at radius 2 is 1.79 bits per heavy atom. The maximum Gasteiger partial charge on any atom is 0.284 e. The summed E-state index contributed by atoms with van der Waals surface area (Å²) in [5, 5.41) is 3.75. The Labute approximate surface area is 136 Å². The molecule has 1 amide bonds. The van der Waals surface area contributed by atoms with Crippen LogP contribution in [0.1, 0.15) is 12.5 Å². The van der Waals surface area contributed by atoms with E-state index in [2.05, 4.69) is 10.5 Å². The van der Waals surface area contributed by atoms with Crippen LogP contribution in [-0.2, 0) is 4.79 Å². The normalized spacial score (nSPS) is 16.6. The molecule has 0 radical (unpaired) electrons. The SMILES string of the molecule is C/C(=N/NC(=O)[C@H]1COc2ccccc2O1)c1c(F)cccc1F. The minimum Gasteiger partial charge on any atom is -0.485 e. The van der Waals surface area contributed by atoms with E-state index in [0.717, 1.165) is 12.1 Å². The molecule has 5 nitrogen and oxygen atoms in total. The monoisotopic (exact) mass is 332 g/mol. The van der Waals surface area contributed by atoms with Crippen LogP contribution in [0.5, 0.6) is 11.5 Å². The molecule has 0 spiro atoms. The molecule has 1 heterocycles. The van der Waals surface area contributed by atoms with Gasteiger partial charge >= 0.3 is 0 Å². The Hall–Kier alpha value is -2.96. The van der Waals surface area contributed by atoms with Crippen LogP contribution < -0.4 is 14.9 Å². The number of carbonyl (C=O) groups excluding carboxylic acids is 1. The molecule has 1 atom stereocenters. The molecular weight excluding hydrogens is 318 g/mol. The summed E-state index contributed by atoms with van der Waals surface area (Å²) in [5.41, 5.74) is 1.97. The number of rotatable bonds is 3. The number of para-hydroxylation sites is 2. The van der Waals surface area contributed by atoms with Crippen LogP contribution in [0.25, 0.3) is 0 Å². The van der Waals surface area contributed by atoms with E-state index in [0.29, 0.717) is 11.5 Å². The standard InChI is InChI=1S/C17H14F2N2O3/c1-10(16-11(18)5-4-6-12(16)19)20-21-17(22)15-9-23-13-7-2-3-8-14(13)24-15/h2-8,15H,9H2,1H3,(H,21,22)/b20-10-/t15-/m1/s1. The van der Waals surface area contributed by atoms with Gasteiger partial charge in [-0.15, -0.1) is 0 Å². The van der Waals surface area contributed by atoms with Crippen LogP contribution in [-0.4, -0.2) is 24.3 Å². The Morgan fingerprint density at radius 1 is 1.12 bits per heavy atom. The third-order valence-corrected chi connectivity index (χ3v) is 3.46. The average Bonchev–Trinajstić information content (AvgIpc) is 2.59. The Balaban J connectivity index is 1.70. The zero-order chi connectivity index (χ0) is 17.1. The molecule has 0 unspecified atom stereocenters. The molecule has 7 heteroatoms. The number of carbonyl (C=O) groups is 1. The van der Waals surface area contributed by atoms with E-state index in [-0.39, 0.29) is 17.9 Å². The molecule has 1 aliphatic rings. The fraction of sp³-hybridized carbons (Fsp3) is 0.176. The second kappa shape index (κ2) is 6.66. The molecule has 0 saturated carbocycles. The number of amides is 1. The summed E-state index contributed by atoms with van der Waals surface area (Å²) in [7, 11) is 0. The van der Waals surface area contributed by atoms with Gasteiger partial charge in [0.25, 0.3) is 5.91 Å². The molecule has 2 aromatic rings. The molecule has 1 N–H and O–H groups in total. The number of hydrogen-bond acceptors (Lipinski definition) is 4. The maximum absolute atomic E-state index is 13.7. The van der Waals surface area contributed by atoms with Crippen LogP contribution in [0.4, 0.5) is 8.78 Å². The highest BCUT2D eigenvalue weighted by Crippen LogP contribution is 2.30. The number of ether oxygens (including phenoxy) is 2. The first-order chi connectivity index (χ1) is 11.6. The van der Waals surface area contributed by atoms with Crippen LogP contribution in [0, 0.1) is 11.6 Å². The van der Waals surface area contributed by atoms with Crippen molar-refractivity contribution in [3.63, 3.8) is 0 Å². The molecule has 0 aromatic heterocycles. The topological polar surface area (TPSA) is 59.9 Å². The fourth-order valence-corrected chi connectivity index (χ4v) is 2.26. The first-order valence-corrected chi connectivity index (χ1v) is 7.23. The van der Waals surface area contributed by atoms with Gasteiger partial charge in [-0.3, -0.25) is 4.79 Å². The van der Waals surface area contributed by atoms with E-state index in [1.807, 2.05) is 0 Å². The number of hydrazone groups is 1. The zero-order valence-corrected chi connectivity index (χ0v) is 12.8. The number of hydrogen-bond donors (Lipinski definition) is 1. The number of nitrogens with zero attached hydrogens (tertiary/aromatic N) is 1. The van der Waals surface area contributed by atoms with Crippen molar-refractivity contribution in [2.45, 2.75) is 13.0 Å². The third kappa shape index (κ3) is 3.19. The first kappa shape index (κ1) is 15.9. The number of halogens is 2. The molecule has 0 saturated heterocycles. The summed E-state index contributed by atoms with van der Waals surface area (Å²) in [4.78, 5) is 12.1. The summed E-state index contributed by atoms with van der Waals surface area (Å²) in [6.07, 6.45) is -0.901. The zero-order valence-electron chi connectivity index (χ0n) is 12.8. The molecule has 0 aliphatic carbocycles. The van der Waals surface area contributed by atoms with Gasteiger partial charge in [0.2, 0.25) is 6.10 Å². The fourth-order valence-electron chi connectivity index (χ4n) is 2.26. The summed E-state index contributed by atoms with van der Waals surface area (Å²) in [5.74, 6) is -1.08. The van der Waals surface area contributed by atoms with Crippen molar-refractivity contribution in [1.82, 2.24) is 5.43 Å². The van der Waals surface area contributed by atoms with E-state index >= 15 is 0 Å². The number of benzene rings is 2. The highest BCUT2D eigenvalue weighted by molar-refractivity contribution is 5.99. The van der Waals surface area contributed by atoms with E-state index in [4.69, 9.17) is 9.47 Å². The second-order valence-electron chi connectivity index (χ2n) is 5.13. The lowest BCUT2D eigenvalue weighted by Crippen LogP contribution is -2.42. The molecule has 24 heavy (non-hydrogen) atoms. The molecular formula is C17H14F2N2O3. The van der Waals surface area contributed by atoms with E-state index in [1.54, 1.807) is 24.3 Å². The van der Waals surface area contributed by atoms with Crippen LogP contribution in [0.2, 0.25) is 0 Å². The van der Waals surface area contributed by atoms with Gasteiger partial charge in [-0.2, -0.15) is 5.10 Å². The van der Waals surface area contributed by atoms with Crippen molar-refractivity contribution in [2.24, 2.45) is 5.10 Å². The van der Waals surface area contributed by atoms with Crippen molar-refractivity contribution in [2.75, 3.05) is 6.61 Å². The summed E-state index contributed by atoms with van der Waals surface area (Å²) in [6, 6.07) is 10.4. The van der Waals surface area contributed by atoms with Crippen LogP contribution in [0.3, 0.4) is 0 Å². The highest BCUT2D eigenvalue weighted by atomic mass is 19.1. The number of fused-ring (bicyclic) bond motifs is 1. The van der Waals surface area contributed by atoms with Crippen molar-refractivity contribution < 1.29 is 23.0 Å². The van der Waals surface area contributed by atoms with Crippen molar-refractivity contribution in [3.05, 3.63) is 59.7 Å². The molecule has 1 aliphatic heterocycles. The van der Waals surface area contributed by atoms with E-state index in [9.17, 15) is 13.6 Å². The average molecular weight is 332 g/mol. The smallest absolute Gasteiger partial charge is 0.284 e. The lowest BCUT2D eigenvalue weighted by atomic mass is 10.1. The van der Waals surface area contributed by atoms with Crippen molar-refractivity contribution in [1.29, 1.82) is 0 Å². The van der Waals surface area contributed by atoms with Crippen LogP contribution in [0.15, 0.2) is 47.6 Å². The molecule has 0 bridgehead atoms. The highest BCUT2D eigenvalue weighted by Gasteiger charge is 2.27. The molecule has 2 aromatic carbocycles. The predicted molar refractivity (Wildman–Crippen MR) is 83.1 cm³/mol.